The summed E-state index contributed by atoms with van der Waals surface area (Å²) in [5.41, 5.74) is 2.01. The van der Waals surface area contributed by atoms with Crippen molar-refractivity contribution in [1.29, 1.82) is 5.26 Å². The van der Waals surface area contributed by atoms with E-state index < -0.39 is 0 Å². The van der Waals surface area contributed by atoms with Crippen molar-refractivity contribution in [3.05, 3.63) is 65.1 Å². The van der Waals surface area contributed by atoms with E-state index in [4.69, 9.17) is 0 Å². The molecule has 1 heterocycles. The lowest BCUT2D eigenvalue weighted by Crippen LogP contribution is -1.75. The topological polar surface area (TPSA) is 36.7 Å². The molecular formula is C16H10N2S2. The highest BCUT2D eigenvalue weighted by Gasteiger charge is 2.06. The van der Waals surface area contributed by atoms with Crippen molar-refractivity contribution in [3.63, 3.8) is 0 Å². The molecule has 20 heavy (non-hydrogen) atoms. The van der Waals surface area contributed by atoms with E-state index in [9.17, 15) is 5.26 Å². The van der Waals surface area contributed by atoms with Crippen LogP contribution in [0.4, 0.5) is 0 Å². The first-order valence-electron chi connectivity index (χ1n) is 6.05. The summed E-state index contributed by atoms with van der Waals surface area (Å²) in [4.78, 5) is 5.18. The number of benzene rings is 2. The first kappa shape index (κ1) is 12.9. The summed E-state index contributed by atoms with van der Waals surface area (Å²) in [6.07, 6.45) is 1.89. The lowest BCUT2D eigenvalue weighted by molar-refractivity contribution is 1.31. The van der Waals surface area contributed by atoms with E-state index in [-0.39, 0.29) is 0 Å². The van der Waals surface area contributed by atoms with E-state index in [2.05, 4.69) is 11.1 Å². The molecule has 0 saturated heterocycles. The molecule has 2 nitrogen and oxygen atoms in total. The maximum Gasteiger partial charge on any atom is 0.156 e. The zero-order valence-corrected chi connectivity index (χ0v) is 12.1. The van der Waals surface area contributed by atoms with Crippen LogP contribution in [0.3, 0.4) is 0 Å². The molecule has 3 aromatic rings. The van der Waals surface area contributed by atoms with Crippen LogP contribution in [0, 0.1) is 11.3 Å². The van der Waals surface area contributed by atoms with E-state index >= 15 is 0 Å². The van der Waals surface area contributed by atoms with Gasteiger partial charge in [0.05, 0.1) is 15.1 Å². The van der Waals surface area contributed by atoms with Gasteiger partial charge in [0.2, 0.25) is 0 Å². The first-order valence-corrected chi connectivity index (χ1v) is 7.69. The van der Waals surface area contributed by atoms with Gasteiger partial charge in [-0.15, -0.1) is 11.3 Å². The van der Waals surface area contributed by atoms with Gasteiger partial charge in [0.25, 0.3) is 0 Å². The van der Waals surface area contributed by atoms with Gasteiger partial charge in [0.1, 0.15) is 6.07 Å². The van der Waals surface area contributed by atoms with Crippen LogP contribution in [0.5, 0.6) is 0 Å². The highest BCUT2D eigenvalue weighted by Crippen LogP contribution is 2.34. The second-order valence-corrected chi connectivity index (χ2v) is 6.40. The van der Waals surface area contributed by atoms with Crippen LogP contribution < -0.4 is 0 Å². The number of aromatic nitrogens is 1. The summed E-state index contributed by atoms with van der Waals surface area (Å²) in [5.74, 6) is 0. The molecule has 0 aliphatic rings. The second kappa shape index (κ2) is 5.91. The minimum Gasteiger partial charge on any atom is -0.229 e. The molecular weight excluding hydrogens is 284 g/mol. The molecule has 0 fully saturated rings. The predicted octanol–water partition coefficient (Wildman–Crippen LogP) is 4.95. The van der Waals surface area contributed by atoms with E-state index in [1.807, 2.05) is 60.7 Å². The Morgan fingerprint density at radius 2 is 1.85 bits per heavy atom. The van der Waals surface area contributed by atoms with Gasteiger partial charge in [0.15, 0.2) is 4.34 Å². The largest absolute Gasteiger partial charge is 0.229 e. The molecule has 0 aliphatic carbocycles. The van der Waals surface area contributed by atoms with Gasteiger partial charge in [-0.1, -0.05) is 42.5 Å². The van der Waals surface area contributed by atoms with Gasteiger partial charge >= 0.3 is 0 Å². The fourth-order valence-corrected chi connectivity index (χ4v) is 3.75. The summed E-state index contributed by atoms with van der Waals surface area (Å²) in [7, 11) is 0. The Bertz CT molecular complexity index is 765. The van der Waals surface area contributed by atoms with Crippen LogP contribution in [0.15, 0.2) is 63.8 Å². The molecule has 0 unspecified atom stereocenters. The van der Waals surface area contributed by atoms with Crippen LogP contribution in [-0.2, 0) is 0 Å². The minimum absolute atomic E-state index is 0.648. The van der Waals surface area contributed by atoms with Crippen molar-refractivity contribution in [1.82, 2.24) is 4.98 Å². The average Bonchev–Trinajstić information content (AvgIpc) is 2.90. The third-order valence-corrected chi connectivity index (χ3v) is 4.71. The van der Waals surface area contributed by atoms with E-state index in [1.165, 1.54) is 11.8 Å². The zero-order valence-electron chi connectivity index (χ0n) is 10.5. The first-order chi connectivity index (χ1) is 9.85. The lowest BCUT2D eigenvalue weighted by atomic mass is 10.2. The standard InChI is InChI=1S/C16H10N2S2/c17-11-13(10-12-6-2-1-3-7-12)19-16-18-14-8-4-5-9-15(14)20-16/h1-10H. The molecule has 96 valence electrons. The van der Waals surface area contributed by atoms with Crippen molar-refractivity contribution in [2.75, 3.05) is 0 Å². The molecule has 0 aliphatic heterocycles. The highest BCUT2D eigenvalue weighted by molar-refractivity contribution is 8.05. The summed E-state index contributed by atoms with van der Waals surface area (Å²) < 4.78 is 2.04. The Balaban J connectivity index is 1.88. The number of nitrogens with zero attached hydrogens (tertiary/aromatic N) is 2. The highest BCUT2D eigenvalue weighted by atomic mass is 32.2. The summed E-state index contributed by atoms with van der Waals surface area (Å²) in [6.45, 7) is 0. The quantitative estimate of drug-likeness (QED) is 0.506. The number of hydrogen-bond donors (Lipinski definition) is 0. The van der Waals surface area contributed by atoms with Crippen molar-refractivity contribution in [3.8, 4) is 6.07 Å². The van der Waals surface area contributed by atoms with Crippen molar-refractivity contribution in [2.45, 2.75) is 4.34 Å². The predicted molar refractivity (Wildman–Crippen MR) is 85.5 cm³/mol. The van der Waals surface area contributed by atoms with Crippen LogP contribution in [0.25, 0.3) is 16.3 Å². The van der Waals surface area contributed by atoms with E-state index in [0.29, 0.717) is 4.91 Å². The molecule has 0 spiro atoms. The van der Waals surface area contributed by atoms with Crippen molar-refractivity contribution >= 4 is 39.4 Å². The maximum atomic E-state index is 9.26. The summed E-state index contributed by atoms with van der Waals surface area (Å²) in [5, 5.41) is 9.26. The third kappa shape index (κ3) is 2.90. The molecule has 0 N–H and O–H groups in total. The Labute approximate surface area is 125 Å². The molecule has 0 radical (unpaired) electrons. The van der Waals surface area contributed by atoms with Crippen LogP contribution >= 0.6 is 23.1 Å². The van der Waals surface area contributed by atoms with Gasteiger partial charge < -0.3 is 0 Å². The summed E-state index contributed by atoms with van der Waals surface area (Å²) in [6, 6.07) is 20.1. The lowest BCUT2D eigenvalue weighted by Gasteiger charge is -1.95. The van der Waals surface area contributed by atoms with Crippen molar-refractivity contribution < 1.29 is 0 Å². The number of fused-ring (bicyclic) bond motifs is 1. The number of allylic oxidation sites excluding steroid dienone is 1. The number of nitriles is 1. The molecule has 4 heteroatoms. The SMILES string of the molecule is N#CC(=Cc1ccccc1)Sc1nc2ccccc2s1. The number of thioether (sulfide) groups is 1. The molecule has 2 aromatic carbocycles. The second-order valence-electron chi connectivity index (χ2n) is 4.08. The number of rotatable bonds is 3. The summed E-state index contributed by atoms with van der Waals surface area (Å²) >= 11 is 3.03. The average molecular weight is 294 g/mol. The van der Waals surface area contributed by atoms with Crippen LogP contribution in [0.1, 0.15) is 5.56 Å². The molecule has 0 bridgehead atoms. The van der Waals surface area contributed by atoms with Crippen molar-refractivity contribution in [2.24, 2.45) is 0 Å². The Morgan fingerprint density at radius 1 is 1.10 bits per heavy atom. The van der Waals surface area contributed by atoms with Gasteiger partial charge in [0, 0.05) is 0 Å². The van der Waals surface area contributed by atoms with Gasteiger partial charge in [-0.3, -0.25) is 0 Å². The normalized spacial score (nSPS) is 11.4. The maximum absolute atomic E-state index is 9.26. The Kier molecular flexibility index (Phi) is 3.82. The van der Waals surface area contributed by atoms with Crippen LogP contribution in [-0.4, -0.2) is 4.98 Å². The fourth-order valence-electron chi connectivity index (χ4n) is 1.77. The number of para-hydroxylation sites is 1. The monoisotopic (exact) mass is 294 g/mol. The molecule has 1 aromatic heterocycles. The number of hydrogen-bond acceptors (Lipinski definition) is 4. The van der Waals surface area contributed by atoms with Gasteiger partial charge in [-0.2, -0.15) is 5.26 Å². The number of thiazole rings is 1. The minimum atomic E-state index is 0.648. The fraction of sp³-hybridized carbons (Fsp3) is 0. The van der Waals surface area contributed by atoms with Gasteiger partial charge in [-0.05, 0) is 35.5 Å². The Hall–Kier alpha value is -2.09. The van der Waals surface area contributed by atoms with E-state index in [1.54, 1.807) is 11.3 Å². The molecule has 3 rings (SSSR count). The van der Waals surface area contributed by atoms with Crippen LogP contribution in [0.2, 0.25) is 0 Å². The molecule has 0 saturated carbocycles. The zero-order chi connectivity index (χ0) is 13.8. The third-order valence-electron chi connectivity index (χ3n) is 2.68. The molecule has 0 amide bonds. The molecule has 0 atom stereocenters. The van der Waals surface area contributed by atoms with E-state index in [0.717, 1.165) is 20.1 Å². The van der Waals surface area contributed by atoms with Gasteiger partial charge in [-0.25, -0.2) is 4.98 Å². The smallest absolute Gasteiger partial charge is 0.156 e. The Morgan fingerprint density at radius 3 is 2.60 bits per heavy atom.